The topological polar surface area (TPSA) is 12.9 Å². The average Bonchev–Trinajstić information content (AvgIpc) is 3.41. The highest BCUT2D eigenvalue weighted by atomic mass is 14.7. The van der Waals surface area contributed by atoms with E-state index in [-0.39, 0.29) is 10.8 Å². The van der Waals surface area contributed by atoms with Crippen LogP contribution < -0.4 is 0 Å². The number of pyridine rings is 1. The fourth-order valence-electron chi connectivity index (χ4n) is 8.32. The Labute approximate surface area is 258 Å². The van der Waals surface area contributed by atoms with E-state index in [9.17, 15) is 0 Å². The second-order valence-electron chi connectivity index (χ2n) is 13.6. The van der Waals surface area contributed by atoms with Gasteiger partial charge in [0.05, 0.1) is 5.69 Å². The summed E-state index contributed by atoms with van der Waals surface area (Å²) in [5, 5.41) is 5.09. The Morgan fingerprint density at radius 2 is 0.886 bits per heavy atom. The Morgan fingerprint density at radius 3 is 1.41 bits per heavy atom. The summed E-state index contributed by atoms with van der Waals surface area (Å²) in [6.07, 6.45) is 1.93. The lowest BCUT2D eigenvalue weighted by Gasteiger charge is -2.25. The number of aromatic nitrogens is 1. The number of nitrogens with zero attached hydrogens (tertiary/aromatic N) is 1. The monoisotopic (exact) mass is 563 g/mol. The van der Waals surface area contributed by atoms with E-state index in [1.54, 1.807) is 0 Å². The van der Waals surface area contributed by atoms with Gasteiger partial charge in [0.25, 0.3) is 0 Å². The van der Waals surface area contributed by atoms with E-state index in [0.29, 0.717) is 0 Å². The third-order valence-electron chi connectivity index (χ3n) is 10.5. The van der Waals surface area contributed by atoms with Crippen LogP contribution in [-0.4, -0.2) is 4.98 Å². The molecule has 1 aromatic heterocycles. The van der Waals surface area contributed by atoms with Gasteiger partial charge >= 0.3 is 0 Å². The highest BCUT2D eigenvalue weighted by molar-refractivity contribution is 6.23. The molecule has 44 heavy (non-hydrogen) atoms. The molecular weight excluding hydrogens is 530 g/mol. The van der Waals surface area contributed by atoms with E-state index in [2.05, 4.69) is 143 Å². The Kier molecular flexibility index (Phi) is 5.08. The zero-order valence-electron chi connectivity index (χ0n) is 25.6. The molecule has 0 saturated heterocycles. The fraction of sp³-hybridized carbons (Fsp3) is 0.140. The van der Waals surface area contributed by atoms with Crippen LogP contribution in [0.5, 0.6) is 0 Å². The normalized spacial score (nSPS) is 15.2. The first-order chi connectivity index (χ1) is 21.4. The van der Waals surface area contributed by atoms with Crippen molar-refractivity contribution in [1.82, 2.24) is 4.98 Å². The molecule has 0 amide bonds. The Hall–Kier alpha value is -5.01. The van der Waals surface area contributed by atoms with E-state index in [1.807, 2.05) is 12.3 Å². The first kappa shape index (κ1) is 25.5. The minimum atomic E-state index is -0.0875. The summed E-state index contributed by atoms with van der Waals surface area (Å²) >= 11 is 0. The van der Waals surface area contributed by atoms with Crippen LogP contribution in [0.1, 0.15) is 49.9 Å². The number of hydrogen-bond acceptors (Lipinski definition) is 1. The van der Waals surface area contributed by atoms with Crippen LogP contribution in [-0.2, 0) is 10.8 Å². The Morgan fingerprint density at radius 1 is 0.409 bits per heavy atom. The van der Waals surface area contributed by atoms with Crippen LogP contribution in [0.2, 0.25) is 0 Å². The molecule has 0 atom stereocenters. The standard InChI is InChI=1S/C43H33N/c1-42(2)35-18-10-8-16-27(35)29-22-31-33(24-37(29)42)40(26-14-6-5-7-15-26)34-25-38-30(28-17-9-11-19-36(28)43(38,3)4)23-32(34)41(31)39-20-12-13-21-44-39/h5-25H,1-4H3. The van der Waals surface area contributed by atoms with E-state index in [1.165, 1.54) is 82.7 Å². The zero-order chi connectivity index (χ0) is 29.8. The summed E-state index contributed by atoms with van der Waals surface area (Å²) in [7, 11) is 0. The van der Waals surface area contributed by atoms with Crippen LogP contribution in [0.4, 0.5) is 0 Å². The zero-order valence-corrected chi connectivity index (χ0v) is 25.6. The predicted molar refractivity (Wildman–Crippen MR) is 185 cm³/mol. The number of benzene rings is 6. The van der Waals surface area contributed by atoms with Gasteiger partial charge in [0.2, 0.25) is 0 Å². The third-order valence-corrected chi connectivity index (χ3v) is 10.5. The lowest BCUT2D eigenvalue weighted by atomic mass is 9.78. The van der Waals surface area contributed by atoms with Crippen molar-refractivity contribution in [1.29, 1.82) is 0 Å². The molecule has 1 heterocycles. The number of fused-ring (bicyclic) bond motifs is 8. The van der Waals surface area contributed by atoms with E-state index < -0.39 is 0 Å². The Bertz CT molecular complexity index is 2180. The van der Waals surface area contributed by atoms with Crippen molar-refractivity contribution >= 4 is 21.5 Å². The second kappa shape index (κ2) is 8.77. The molecule has 0 saturated carbocycles. The molecule has 1 heteroatoms. The second-order valence-corrected chi connectivity index (χ2v) is 13.6. The van der Waals surface area contributed by atoms with Crippen molar-refractivity contribution in [2.75, 3.05) is 0 Å². The maximum atomic E-state index is 4.98. The van der Waals surface area contributed by atoms with Crippen LogP contribution in [0.15, 0.2) is 128 Å². The largest absolute Gasteiger partial charge is 0.256 e. The highest BCUT2D eigenvalue weighted by Crippen LogP contribution is 2.55. The predicted octanol–water partition coefficient (Wildman–Crippen LogP) is 11.3. The molecule has 0 fully saturated rings. The molecule has 0 aliphatic heterocycles. The third kappa shape index (κ3) is 3.27. The smallest absolute Gasteiger partial charge is 0.0714 e. The average molecular weight is 564 g/mol. The van der Waals surface area contributed by atoms with Crippen LogP contribution in [0.25, 0.3) is 66.2 Å². The quantitative estimate of drug-likeness (QED) is 0.191. The van der Waals surface area contributed by atoms with Crippen molar-refractivity contribution < 1.29 is 0 Å². The summed E-state index contributed by atoms with van der Waals surface area (Å²) in [4.78, 5) is 4.98. The molecule has 210 valence electrons. The molecule has 1 nitrogen and oxygen atoms in total. The molecule has 0 unspecified atom stereocenters. The lowest BCUT2D eigenvalue weighted by Crippen LogP contribution is -2.15. The van der Waals surface area contributed by atoms with Crippen molar-refractivity contribution in [3.05, 3.63) is 150 Å². The first-order valence-electron chi connectivity index (χ1n) is 15.6. The van der Waals surface area contributed by atoms with Gasteiger partial charge in [-0.3, -0.25) is 4.98 Å². The molecule has 2 aliphatic rings. The number of rotatable bonds is 2. The first-order valence-corrected chi connectivity index (χ1v) is 15.6. The fourth-order valence-corrected chi connectivity index (χ4v) is 8.32. The van der Waals surface area contributed by atoms with Crippen molar-refractivity contribution in [3.8, 4) is 44.6 Å². The summed E-state index contributed by atoms with van der Waals surface area (Å²) < 4.78 is 0. The van der Waals surface area contributed by atoms with Gasteiger partial charge in [0, 0.05) is 22.6 Å². The molecule has 0 radical (unpaired) electrons. The molecule has 0 spiro atoms. The van der Waals surface area contributed by atoms with Gasteiger partial charge in [-0.1, -0.05) is 113 Å². The lowest BCUT2D eigenvalue weighted by molar-refractivity contribution is 0.661. The maximum absolute atomic E-state index is 4.98. The summed E-state index contributed by atoms with van der Waals surface area (Å²) in [6.45, 7) is 9.50. The van der Waals surface area contributed by atoms with Crippen molar-refractivity contribution in [2.45, 2.75) is 38.5 Å². The minimum Gasteiger partial charge on any atom is -0.256 e. The van der Waals surface area contributed by atoms with Crippen molar-refractivity contribution in [2.24, 2.45) is 0 Å². The van der Waals surface area contributed by atoms with Gasteiger partial charge in [0.1, 0.15) is 0 Å². The molecule has 7 aromatic rings. The SMILES string of the molecule is CC1(C)c2ccccc2-c2cc3c(-c4ccccn4)c4cc5c(cc4c(-c4ccccc4)c3cc21)C(C)(C)c1ccccc1-5. The van der Waals surface area contributed by atoms with Gasteiger partial charge in [-0.2, -0.15) is 0 Å². The van der Waals surface area contributed by atoms with Crippen LogP contribution in [0.3, 0.4) is 0 Å². The van der Waals surface area contributed by atoms with Crippen molar-refractivity contribution in [3.63, 3.8) is 0 Å². The summed E-state index contributed by atoms with van der Waals surface area (Å²) in [5.74, 6) is 0. The molecule has 9 rings (SSSR count). The molecule has 0 N–H and O–H groups in total. The highest BCUT2D eigenvalue weighted by Gasteiger charge is 2.38. The van der Waals surface area contributed by atoms with E-state index in [0.717, 1.165) is 5.69 Å². The van der Waals surface area contributed by atoms with Gasteiger partial charge in [0.15, 0.2) is 0 Å². The molecule has 0 bridgehead atoms. The minimum absolute atomic E-state index is 0.0875. The van der Waals surface area contributed by atoms with Gasteiger partial charge in [-0.05, 0) is 114 Å². The maximum Gasteiger partial charge on any atom is 0.0714 e. The van der Waals surface area contributed by atoms with Crippen LogP contribution in [0, 0.1) is 0 Å². The van der Waals surface area contributed by atoms with Gasteiger partial charge < -0.3 is 0 Å². The molecular formula is C43H33N. The van der Waals surface area contributed by atoms with Gasteiger partial charge in [-0.25, -0.2) is 0 Å². The summed E-state index contributed by atoms with van der Waals surface area (Å²) in [6, 6.07) is 45.1. The molecule has 2 aliphatic carbocycles. The van der Waals surface area contributed by atoms with E-state index in [4.69, 9.17) is 4.98 Å². The van der Waals surface area contributed by atoms with Gasteiger partial charge in [-0.15, -0.1) is 0 Å². The van der Waals surface area contributed by atoms with E-state index >= 15 is 0 Å². The summed E-state index contributed by atoms with van der Waals surface area (Å²) in [5.41, 5.74) is 15.5. The molecule has 6 aromatic carbocycles. The Balaban J connectivity index is 1.52. The van der Waals surface area contributed by atoms with Crippen LogP contribution >= 0.6 is 0 Å². The number of hydrogen-bond donors (Lipinski definition) is 0.